The molecule has 4 rings (SSSR count). The number of rotatable bonds is 6. The van der Waals surface area contributed by atoms with Crippen molar-refractivity contribution in [1.82, 2.24) is 14.8 Å². The quantitative estimate of drug-likeness (QED) is 0.683. The van der Waals surface area contributed by atoms with Crippen LogP contribution in [-0.2, 0) is 17.8 Å². The fourth-order valence-electron chi connectivity index (χ4n) is 4.59. The molecular weight excluding hydrogens is 441 g/mol. The highest BCUT2D eigenvalue weighted by Crippen LogP contribution is 2.52. The van der Waals surface area contributed by atoms with Crippen molar-refractivity contribution in [1.29, 1.82) is 0 Å². The van der Waals surface area contributed by atoms with Gasteiger partial charge in [0.25, 0.3) is 11.8 Å². The van der Waals surface area contributed by atoms with Crippen molar-refractivity contribution >= 4 is 23.4 Å². The van der Waals surface area contributed by atoms with Gasteiger partial charge in [-0.1, -0.05) is 23.7 Å². The second-order valence-electron chi connectivity index (χ2n) is 8.10. The lowest BCUT2D eigenvalue weighted by atomic mass is 10.0. The number of fused-ring (bicyclic) bond motifs is 1. The van der Waals surface area contributed by atoms with Gasteiger partial charge in [0.15, 0.2) is 11.4 Å². The second kappa shape index (κ2) is 8.22. The zero-order valence-electron chi connectivity index (χ0n) is 17.7. The smallest absolute Gasteiger partial charge is 0.275 e. The first kappa shape index (κ1) is 22.3. The Hall–Kier alpha value is -2.91. The third-order valence-corrected chi connectivity index (χ3v) is 6.58. The van der Waals surface area contributed by atoms with E-state index in [4.69, 9.17) is 16.3 Å². The van der Waals surface area contributed by atoms with E-state index in [-0.39, 0.29) is 34.3 Å². The number of halogens is 2. The predicted molar refractivity (Wildman–Crippen MR) is 114 cm³/mol. The zero-order chi connectivity index (χ0) is 23.2. The Balaban J connectivity index is 1.65. The number of carbonyl (C=O) groups is 2. The number of aromatic nitrogens is 1. The summed E-state index contributed by atoms with van der Waals surface area (Å²) in [4.78, 5) is 40.2. The van der Waals surface area contributed by atoms with Crippen LogP contribution in [0.3, 0.4) is 0 Å². The molecule has 1 fully saturated rings. The maximum atomic E-state index is 14.1. The summed E-state index contributed by atoms with van der Waals surface area (Å²) in [7, 11) is 1.59. The number of carbonyl (C=O) groups excluding carboxylic acids is 2. The van der Waals surface area contributed by atoms with E-state index >= 15 is 0 Å². The van der Waals surface area contributed by atoms with E-state index in [1.165, 1.54) is 22.9 Å². The van der Waals surface area contributed by atoms with Crippen molar-refractivity contribution in [2.24, 2.45) is 5.92 Å². The average Bonchev–Trinajstić information content (AvgIpc) is 3.43. The Labute approximate surface area is 188 Å². The van der Waals surface area contributed by atoms with Crippen LogP contribution in [0.25, 0.3) is 0 Å². The normalized spacial score (nSPS) is 21.6. The maximum absolute atomic E-state index is 14.1. The fraction of sp³-hybridized carbons (Fsp3) is 0.409. The minimum Gasteiger partial charge on any atom is -0.503 e. The van der Waals surface area contributed by atoms with Gasteiger partial charge >= 0.3 is 0 Å². The van der Waals surface area contributed by atoms with E-state index in [2.05, 4.69) is 5.32 Å². The van der Waals surface area contributed by atoms with Crippen LogP contribution in [0.15, 0.2) is 29.2 Å². The first-order valence-corrected chi connectivity index (χ1v) is 10.6. The number of hydrogen-bond acceptors (Lipinski definition) is 5. The lowest BCUT2D eigenvalue weighted by Crippen LogP contribution is -2.52. The van der Waals surface area contributed by atoms with Crippen molar-refractivity contribution in [2.45, 2.75) is 32.0 Å². The van der Waals surface area contributed by atoms with Gasteiger partial charge in [0.2, 0.25) is 5.43 Å². The number of methoxy groups -OCH3 is 1. The molecular formula is C22H23ClFN3O5. The van der Waals surface area contributed by atoms with Crippen molar-refractivity contribution in [2.75, 3.05) is 20.3 Å². The topological polar surface area (TPSA) is 101 Å². The number of ether oxygens (including phenoxy) is 1. The van der Waals surface area contributed by atoms with Crippen LogP contribution in [0.2, 0.25) is 5.02 Å². The van der Waals surface area contributed by atoms with E-state index in [9.17, 15) is 23.9 Å². The largest absolute Gasteiger partial charge is 0.503 e. The molecule has 0 saturated heterocycles. The molecule has 2 amide bonds. The molecule has 1 spiro atoms. The molecule has 2 N–H and O–H groups in total. The first-order valence-electron chi connectivity index (χ1n) is 10.2. The number of amides is 2. The molecule has 1 aromatic carbocycles. The van der Waals surface area contributed by atoms with Crippen LogP contribution in [0.1, 0.15) is 39.8 Å². The molecule has 10 heteroatoms. The number of benzene rings is 1. The number of hydrogen-bond donors (Lipinski definition) is 2. The number of nitrogens with zero attached hydrogens (tertiary/aromatic N) is 2. The van der Waals surface area contributed by atoms with Crippen molar-refractivity contribution < 1.29 is 23.8 Å². The molecule has 0 radical (unpaired) electrons. The van der Waals surface area contributed by atoms with Crippen LogP contribution >= 0.6 is 11.6 Å². The summed E-state index contributed by atoms with van der Waals surface area (Å²) in [5.74, 6) is -2.56. The third-order valence-electron chi connectivity index (χ3n) is 6.28. The van der Waals surface area contributed by atoms with E-state index in [1.54, 1.807) is 18.1 Å². The minimum absolute atomic E-state index is 0.0809. The number of pyridine rings is 1. The molecule has 1 aliphatic heterocycles. The Morgan fingerprint density at radius 3 is 2.84 bits per heavy atom. The molecule has 8 nitrogen and oxygen atoms in total. The Morgan fingerprint density at radius 1 is 1.41 bits per heavy atom. The average molecular weight is 464 g/mol. The van der Waals surface area contributed by atoms with Gasteiger partial charge < -0.3 is 24.6 Å². The van der Waals surface area contributed by atoms with Crippen LogP contribution < -0.4 is 10.7 Å². The van der Waals surface area contributed by atoms with E-state index in [0.717, 1.165) is 6.42 Å². The maximum Gasteiger partial charge on any atom is 0.275 e. The molecule has 2 aromatic rings. The van der Waals surface area contributed by atoms with Crippen molar-refractivity contribution in [3.63, 3.8) is 0 Å². The summed E-state index contributed by atoms with van der Waals surface area (Å²) < 4.78 is 20.8. The van der Waals surface area contributed by atoms with E-state index in [0.29, 0.717) is 19.7 Å². The summed E-state index contributed by atoms with van der Waals surface area (Å²) >= 11 is 5.76. The van der Waals surface area contributed by atoms with Crippen LogP contribution in [0, 0.1) is 11.7 Å². The van der Waals surface area contributed by atoms with Gasteiger partial charge in [-0.15, -0.1) is 0 Å². The molecule has 2 unspecified atom stereocenters. The van der Waals surface area contributed by atoms with Gasteiger partial charge in [-0.05, 0) is 19.4 Å². The van der Waals surface area contributed by atoms with E-state index in [1.807, 2.05) is 6.92 Å². The van der Waals surface area contributed by atoms with Crippen LogP contribution in [0.5, 0.6) is 5.75 Å². The zero-order valence-corrected chi connectivity index (χ0v) is 18.4. The number of aromatic hydroxyl groups is 1. The molecule has 1 aromatic heterocycles. The summed E-state index contributed by atoms with van der Waals surface area (Å²) in [6.07, 6.45) is 2.01. The third kappa shape index (κ3) is 3.45. The molecule has 170 valence electrons. The number of likely N-dealkylation sites (N-methyl/N-ethyl adjacent to an activating group) is 1. The standard InChI is InChI=1S/C22H23ClFN3O5/c1-3-27-21(31)17-19(29)18(28)14(9-26(17)11-22(27)7-13(22)10-32-2)20(30)25-8-12-5-4-6-15(23)16(12)24/h4-6,9,13,29H,3,7-8,10-11H2,1-2H3,(H,25,30). The molecule has 1 aliphatic carbocycles. The molecule has 2 atom stereocenters. The molecule has 2 aliphatic rings. The summed E-state index contributed by atoms with van der Waals surface area (Å²) in [6, 6.07) is 4.39. The second-order valence-corrected chi connectivity index (χ2v) is 8.51. The Morgan fingerprint density at radius 2 is 2.16 bits per heavy atom. The lowest BCUT2D eigenvalue weighted by Gasteiger charge is -2.39. The summed E-state index contributed by atoms with van der Waals surface area (Å²) in [6.45, 7) is 2.86. The number of nitrogens with one attached hydrogen (secondary N) is 1. The van der Waals surface area contributed by atoms with Gasteiger partial charge in [0, 0.05) is 44.4 Å². The molecule has 2 heterocycles. The lowest BCUT2D eigenvalue weighted by molar-refractivity contribution is 0.0491. The van der Waals surface area contributed by atoms with E-state index < -0.39 is 34.3 Å². The summed E-state index contributed by atoms with van der Waals surface area (Å²) in [5, 5.41) is 12.9. The van der Waals surface area contributed by atoms with Crippen LogP contribution in [0.4, 0.5) is 4.39 Å². The van der Waals surface area contributed by atoms with Gasteiger partial charge in [-0.2, -0.15) is 0 Å². The van der Waals surface area contributed by atoms with Gasteiger partial charge in [0.1, 0.15) is 11.4 Å². The Kier molecular flexibility index (Phi) is 5.72. The van der Waals surface area contributed by atoms with Gasteiger partial charge in [-0.3, -0.25) is 14.4 Å². The first-order chi connectivity index (χ1) is 15.2. The highest BCUT2D eigenvalue weighted by atomic mass is 35.5. The summed E-state index contributed by atoms with van der Waals surface area (Å²) in [5.41, 5.74) is -1.74. The SMILES string of the molecule is CCN1C(=O)c2c(O)c(=O)c(C(=O)NCc3cccc(Cl)c3F)cn2CC12CC2COC. The van der Waals surface area contributed by atoms with Crippen LogP contribution in [-0.4, -0.2) is 52.2 Å². The molecule has 1 saturated carbocycles. The van der Waals surface area contributed by atoms with Crippen molar-refractivity contribution in [3.05, 3.63) is 62.3 Å². The fourth-order valence-corrected chi connectivity index (χ4v) is 4.79. The highest BCUT2D eigenvalue weighted by molar-refractivity contribution is 6.30. The molecule has 32 heavy (non-hydrogen) atoms. The monoisotopic (exact) mass is 463 g/mol. The molecule has 0 bridgehead atoms. The Bertz CT molecular complexity index is 1170. The van der Waals surface area contributed by atoms with Gasteiger partial charge in [0.05, 0.1) is 17.2 Å². The minimum atomic E-state index is -0.954. The van der Waals surface area contributed by atoms with Crippen molar-refractivity contribution in [3.8, 4) is 5.75 Å². The predicted octanol–water partition coefficient (Wildman–Crippen LogP) is 2.16. The highest BCUT2D eigenvalue weighted by Gasteiger charge is 2.62. The van der Waals surface area contributed by atoms with Gasteiger partial charge in [-0.25, -0.2) is 4.39 Å².